The molecule has 0 saturated heterocycles. The van der Waals surface area contributed by atoms with Gasteiger partial charge in [0.1, 0.15) is 5.60 Å². The molecule has 2 aliphatic carbocycles. The SMILES string of the molecule is C[C@](O)(c1ccc(C(=O)N(C2CC2)[C@@H]2CCC[C@@H](c3ccccn3)C2)cc1)C(F)(I)I. The van der Waals surface area contributed by atoms with E-state index in [0.717, 1.165) is 44.2 Å². The Morgan fingerprint density at radius 1 is 1.10 bits per heavy atom. The van der Waals surface area contributed by atoms with Crippen LogP contribution in [0.15, 0.2) is 48.7 Å². The van der Waals surface area contributed by atoms with Crippen LogP contribution in [-0.2, 0) is 5.60 Å². The molecule has 2 saturated carbocycles. The highest BCUT2D eigenvalue weighted by Gasteiger charge is 2.45. The Bertz CT molecular complexity index is 911. The second kappa shape index (κ2) is 9.21. The van der Waals surface area contributed by atoms with Crippen molar-refractivity contribution < 1.29 is 14.3 Å². The number of carbonyl (C=O) groups excluding carboxylic acids is 1. The van der Waals surface area contributed by atoms with Crippen LogP contribution in [0.3, 0.4) is 0 Å². The van der Waals surface area contributed by atoms with Crippen LogP contribution in [0.25, 0.3) is 0 Å². The summed E-state index contributed by atoms with van der Waals surface area (Å²) in [6, 6.07) is 13.4. The molecule has 1 amide bonds. The second-order valence-electron chi connectivity index (χ2n) is 8.86. The molecule has 2 fully saturated rings. The average molecular weight is 648 g/mol. The van der Waals surface area contributed by atoms with Gasteiger partial charge in [0.15, 0.2) is 0 Å². The van der Waals surface area contributed by atoms with E-state index < -0.39 is 7.28 Å². The van der Waals surface area contributed by atoms with Gasteiger partial charge in [-0.05, 0) is 114 Å². The average Bonchev–Trinajstić information content (AvgIpc) is 3.59. The van der Waals surface area contributed by atoms with Crippen LogP contribution in [0.5, 0.6) is 0 Å². The van der Waals surface area contributed by atoms with E-state index in [1.807, 2.05) is 18.3 Å². The van der Waals surface area contributed by atoms with Crippen molar-refractivity contribution in [3.05, 3.63) is 65.5 Å². The lowest BCUT2D eigenvalue weighted by Gasteiger charge is -2.38. The fourth-order valence-corrected chi connectivity index (χ4v) is 5.16. The Balaban J connectivity index is 1.53. The molecular formula is C24H27FI2N2O2. The minimum absolute atomic E-state index is 0.0378. The molecule has 1 aromatic heterocycles. The van der Waals surface area contributed by atoms with Gasteiger partial charge < -0.3 is 10.0 Å². The molecule has 4 nitrogen and oxygen atoms in total. The number of pyridine rings is 1. The van der Waals surface area contributed by atoms with Crippen LogP contribution in [0.1, 0.15) is 73.0 Å². The lowest BCUT2D eigenvalue weighted by Crippen LogP contribution is -2.44. The quantitative estimate of drug-likeness (QED) is 0.304. The molecule has 2 aliphatic rings. The summed E-state index contributed by atoms with van der Waals surface area (Å²) in [5, 5.41) is 10.6. The molecule has 7 heteroatoms. The smallest absolute Gasteiger partial charge is 0.254 e. The maximum atomic E-state index is 14.4. The van der Waals surface area contributed by atoms with Crippen molar-refractivity contribution in [2.24, 2.45) is 0 Å². The number of aromatic nitrogens is 1. The molecule has 4 rings (SSSR count). The van der Waals surface area contributed by atoms with Gasteiger partial charge in [-0.25, -0.2) is 4.39 Å². The fraction of sp³-hybridized carbons (Fsp3) is 0.500. The van der Waals surface area contributed by atoms with Crippen LogP contribution in [0.2, 0.25) is 0 Å². The Morgan fingerprint density at radius 2 is 1.81 bits per heavy atom. The van der Waals surface area contributed by atoms with E-state index in [9.17, 15) is 14.3 Å². The summed E-state index contributed by atoms with van der Waals surface area (Å²) in [5.41, 5.74) is 0.527. The molecule has 1 aromatic carbocycles. The van der Waals surface area contributed by atoms with Crippen molar-refractivity contribution >= 4 is 51.1 Å². The molecule has 1 heterocycles. The summed E-state index contributed by atoms with van der Waals surface area (Å²) in [6.45, 7) is 1.46. The van der Waals surface area contributed by atoms with E-state index in [0.29, 0.717) is 23.1 Å². The largest absolute Gasteiger partial charge is 0.380 e. The summed E-state index contributed by atoms with van der Waals surface area (Å²) < 4.78 is 12.6. The second-order valence-corrected chi connectivity index (χ2v) is 13.9. The zero-order chi connectivity index (χ0) is 22.2. The van der Waals surface area contributed by atoms with Crippen molar-refractivity contribution in [2.75, 3.05) is 0 Å². The predicted octanol–water partition coefficient (Wildman–Crippen LogP) is 6.11. The van der Waals surface area contributed by atoms with Crippen LogP contribution in [0.4, 0.5) is 4.39 Å². The predicted molar refractivity (Wildman–Crippen MR) is 136 cm³/mol. The van der Waals surface area contributed by atoms with Gasteiger partial charge >= 0.3 is 0 Å². The molecule has 3 atom stereocenters. The number of nitrogens with zero attached hydrogens (tertiary/aromatic N) is 2. The van der Waals surface area contributed by atoms with Crippen LogP contribution in [-0.4, -0.2) is 34.7 Å². The van der Waals surface area contributed by atoms with E-state index in [1.54, 1.807) is 69.4 Å². The van der Waals surface area contributed by atoms with Crippen LogP contribution < -0.4 is 0 Å². The zero-order valence-corrected chi connectivity index (χ0v) is 21.8. The third kappa shape index (κ3) is 5.08. The Kier molecular flexibility index (Phi) is 6.94. The first-order valence-electron chi connectivity index (χ1n) is 10.8. The lowest BCUT2D eigenvalue weighted by molar-refractivity contribution is 0.0140. The fourth-order valence-electron chi connectivity index (χ4n) is 4.54. The molecule has 0 bridgehead atoms. The highest BCUT2D eigenvalue weighted by atomic mass is 127. The van der Waals surface area contributed by atoms with E-state index in [2.05, 4.69) is 16.0 Å². The summed E-state index contributed by atoms with van der Waals surface area (Å²) in [7, 11) is 0. The van der Waals surface area contributed by atoms with Gasteiger partial charge in [0.2, 0.25) is 1.68 Å². The van der Waals surface area contributed by atoms with E-state index in [-0.39, 0.29) is 11.9 Å². The molecule has 166 valence electrons. The number of rotatable bonds is 6. The van der Waals surface area contributed by atoms with E-state index in [4.69, 9.17) is 0 Å². The summed E-state index contributed by atoms with van der Waals surface area (Å²) in [5.74, 6) is 0.423. The summed E-state index contributed by atoms with van der Waals surface area (Å²) in [4.78, 5) is 20.1. The molecule has 0 aliphatic heterocycles. The molecule has 0 unspecified atom stereocenters. The number of aliphatic hydroxyl groups is 1. The minimum atomic E-state index is -1.85. The summed E-state index contributed by atoms with van der Waals surface area (Å²) in [6.07, 6.45) is 8.12. The molecule has 0 spiro atoms. The van der Waals surface area contributed by atoms with Gasteiger partial charge in [-0.1, -0.05) is 24.6 Å². The monoisotopic (exact) mass is 648 g/mol. The highest BCUT2D eigenvalue weighted by Crippen LogP contribution is 2.46. The third-order valence-corrected chi connectivity index (χ3v) is 8.67. The number of amides is 1. The molecule has 0 radical (unpaired) electrons. The van der Waals surface area contributed by atoms with Crippen molar-refractivity contribution in [3.63, 3.8) is 0 Å². The van der Waals surface area contributed by atoms with Crippen LogP contribution in [0, 0.1) is 0 Å². The lowest BCUT2D eigenvalue weighted by atomic mass is 9.82. The first kappa shape index (κ1) is 23.4. The highest BCUT2D eigenvalue weighted by molar-refractivity contribution is 14.2. The first-order chi connectivity index (χ1) is 14.7. The van der Waals surface area contributed by atoms with Gasteiger partial charge in [0.25, 0.3) is 5.91 Å². The van der Waals surface area contributed by atoms with Gasteiger partial charge in [0, 0.05) is 35.5 Å². The van der Waals surface area contributed by atoms with E-state index >= 15 is 0 Å². The molecular weight excluding hydrogens is 621 g/mol. The van der Waals surface area contributed by atoms with Gasteiger partial charge in [0.05, 0.1) is 0 Å². The number of halogens is 3. The Morgan fingerprint density at radius 3 is 2.39 bits per heavy atom. The van der Waals surface area contributed by atoms with Crippen molar-refractivity contribution in [3.8, 4) is 0 Å². The van der Waals surface area contributed by atoms with Crippen molar-refractivity contribution in [2.45, 2.75) is 70.7 Å². The van der Waals surface area contributed by atoms with Crippen molar-refractivity contribution in [1.82, 2.24) is 9.88 Å². The minimum Gasteiger partial charge on any atom is -0.380 e. The normalized spacial score (nSPS) is 23.8. The van der Waals surface area contributed by atoms with Gasteiger partial charge in [-0.2, -0.15) is 0 Å². The number of alkyl halides is 3. The standard InChI is InChI=1S/C24H27FI2N2O2/c1-23(31,24(25,26)27)18-10-8-16(9-11-18)22(30)29(19-12-13-19)20-6-4-5-17(15-20)21-7-2-3-14-28-21/h2-3,7-11,14,17,19-20,31H,4-6,12-13,15H2,1H3/t17-,20-,23+/m1/s1. The third-order valence-electron chi connectivity index (χ3n) is 6.57. The van der Waals surface area contributed by atoms with Gasteiger partial charge in [-0.15, -0.1) is 0 Å². The van der Waals surface area contributed by atoms with E-state index in [1.165, 1.54) is 6.92 Å². The van der Waals surface area contributed by atoms with Crippen LogP contribution >= 0.6 is 45.2 Å². The zero-order valence-electron chi connectivity index (χ0n) is 17.5. The number of carbonyl (C=O) groups is 1. The number of hydrogen-bond acceptors (Lipinski definition) is 3. The number of hydrogen-bond donors (Lipinski definition) is 1. The maximum absolute atomic E-state index is 14.4. The maximum Gasteiger partial charge on any atom is 0.254 e. The van der Waals surface area contributed by atoms with Crippen molar-refractivity contribution in [1.29, 1.82) is 0 Å². The topological polar surface area (TPSA) is 53.4 Å². The molecule has 2 aromatic rings. The van der Waals surface area contributed by atoms with Gasteiger partial charge in [-0.3, -0.25) is 9.78 Å². The number of benzene rings is 1. The first-order valence-corrected chi connectivity index (χ1v) is 13.0. The molecule has 31 heavy (non-hydrogen) atoms. The summed E-state index contributed by atoms with van der Waals surface area (Å²) >= 11 is 3.20. The molecule has 1 N–H and O–H groups in total. The Hall–Kier alpha value is -0.810. The Labute approximate surface area is 210 Å².